The number of aryl methyl sites for hydroxylation is 1. The summed E-state index contributed by atoms with van der Waals surface area (Å²) >= 11 is 0. The maximum Gasteiger partial charge on any atom is 0.119 e. The maximum atomic E-state index is 5.66. The molecule has 0 saturated carbocycles. The Bertz CT molecular complexity index is 519. The fraction of sp³-hybridized carbons (Fsp3) is 0.333. The summed E-state index contributed by atoms with van der Waals surface area (Å²) in [6.07, 6.45) is 2.27. The van der Waals surface area contributed by atoms with Crippen LogP contribution in [0.1, 0.15) is 30.9 Å². The van der Waals surface area contributed by atoms with Crippen molar-refractivity contribution in [2.24, 2.45) is 0 Å². The van der Waals surface area contributed by atoms with E-state index in [-0.39, 0.29) is 0 Å². The van der Waals surface area contributed by atoms with Crippen molar-refractivity contribution in [2.75, 3.05) is 11.9 Å². The molecular weight excluding hydrogens is 246 g/mol. The maximum absolute atomic E-state index is 5.66. The highest BCUT2D eigenvalue weighted by molar-refractivity contribution is 5.46. The standard InChI is InChI=1S/C18H23NO/c1-3-4-12-20-18-10-8-16(9-11-18)14-19-17-7-5-6-15(2)13-17/h5-11,13,19H,3-4,12,14H2,1-2H3. The quantitative estimate of drug-likeness (QED) is 0.730. The molecule has 0 aliphatic heterocycles. The molecule has 0 heterocycles. The number of hydrogen-bond donors (Lipinski definition) is 1. The summed E-state index contributed by atoms with van der Waals surface area (Å²) in [7, 11) is 0. The van der Waals surface area contributed by atoms with E-state index in [2.05, 4.69) is 55.6 Å². The third-order valence-electron chi connectivity index (χ3n) is 3.20. The molecule has 0 fully saturated rings. The SMILES string of the molecule is CCCCOc1ccc(CNc2cccc(C)c2)cc1. The van der Waals surface area contributed by atoms with Crippen molar-refractivity contribution in [3.63, 3.8) is 0 Å². The van der Waals surface area contributed by atoms with Gasteiger partial charge < -0.3 is 10.1 Å². The average molecular weight is 269 g/mol. The number of unbranched alkanes of at least 4 members (excludes halogenated alkanes) is 1. The lowest BCUT2D eigenvalue weighted by atomic mass is 10.2. The van der Waals surface area contributed by atoms with Crippen LogP contribution in [0, 0.1) is 6.92 Å². The van der Waals surface area contributed by atoms with Crippen LogP contribution >= 0.6 is 0 Å². The molecule has 2 aromatic carbocycles. The average Bonchev–Trinajstić information content (AvgIpc) is 2.47. The van der Waals surface area contributed by atoms with E-state index in [1.165, 1.54) is 17.5 Å². The predicted octanol–water partition coefficient (Wildman–Crippen LogP) is 4.79. The van der Waals surface area contributed by atoms with Gasteiger partial charge in [-0.3, -0.25) is 0 Å². The molecule has 1 N–H and O–H groups in total. The van der Waals surface area contributed by atoms with E-state index < -0.39 is 0 Å². The van der Waals surface area contributed by atoms with Gasteiger partial charge in [0.15, 0.2) is 0 Å². The van der Waals surface area contributed by atoms with E-state index in [1.807, 2.05) is 12.1 Å². The van der Waals surface area contributed by atoms with Crippen LogP contribution in [-0.4, -0.2) is 6.61 Å². The molecular formula is C18H23NO. The van der Waals surface area contributed by atoms with Crippen LogP contribution in [-0.2, 0) is 6.54 Å². The van der Waals surface area contributed by atoms with Crippen LogP contribution in [0.25, 0.3) is 0 Å². The van der Waals surface area contributed by atoms with Gasteiger partial charge in [-0.25, -0.2) is 0 Å². The Kier molecular flexibility index (Phi) is 5.48. The van der Waals surface area contributed by atoms with E-state index in [0.717, 1.165) is 31.0 Å². The van der Waals surface area contributed by atoms with Crippen LogP contribution in [0.3, 0.4) is 0 Å². The Morgan fingerprint density at radius 3 is 2.55 bits per heavy atom. The molecule has 0 unspecified atom stereocenters. The molecule has 0 bridgehead atoms. The lowest BCUT2D eigenvalue weighted by Crippen LogP contribution is -2.00. The van der Waals surface area contributed by atoms with E-state index in [1.54, 1.807) is 0 Å². The molecule has 0 spiro atoms. The van der Waals surface area contributed by atoms with Crippen LogP contribution in [0.4, 0.5) is 5.69 Å². The van der Waals surface area contributed by atoms with E-state index in [9.17, 15) is 0 Å². The van der Waals surface area contributed by atoms with Crippen molar-refractivity contribution in [1.82, 2.24) is 0 Å². The van der Waals surface area contributed by atoms with Gasteiger partial charge in [0.1, 0.15) is 5.75 Å². The van der Waals surface area contributed by atoms with Crippen molar-refractivity contribution < 1.29 is 4.74 Å². The minimum atomic E-state index is 0.803. The number of hydrogen-bond acceptors (Lipinski definition) is 2. The molecule has 0 aliphatic rings. The first kappa shape index (κ1) is 14.4. The third kappa shape index (κ3) is 4.61. The van der Waals surface area contributed by atoms with Crippen molar-refractivity contribution >= 4 is 5.69 Å². The predicted molar refractivity (Wildman–Crippen MR) is 85.4 cm³/mol. The summed E-state index contributed by atoms with van der Waals surface area (Å²) in [5, 5.41) is 3.43. The molecule has 2 aromatic rings. The topological polar surface area (TPSA) is 21.3 Å². The molecule has 0 amide bonds. The van der Waals surface area contributed by atoms with Gasteiger partial charge in [0.25, 0.3) is 0 Å². The largest absolute Gasteiger partial charge is 0.494 e. The second-order valence-electron chi connectivity index (χ2n) is 5.07. The summed E-state index contributed by atoms with van der Waals surface area (Å²) in [5.74, 6) is 0.956. The highest BCUT2D eigenvalue weighted by Gasteiger charge is 1.97. The van der Waals surface area contributed by atoms with Gasteiger partial charge in [0.05, 0.1) is 6.61 Å². The second kappa shape index (κ2) is 7.59. The van der Waals surface area contributed by atoms with Crippen molar-refractivity contribution in [1.29, 1.82) is 0 Å². The zero-order valence-corrected chi connectivity index (χ0v) is 12.4. The number of anilines is 1. The zero-order chi connectivity index (χ0) is 14.2. The lowest BCUT2D eigenvalue weighted by molar-refractivity contribution is 0.309. The molecule has 0 saturated heterocycles. The summed E-state index contributed by atoms with van der Waals surface area (Å²) in [6.45, 7) is 5.91. The van der Waals surface area contributed by atoms with Crippen molar-refractivity contribution in [2.45, 2.75) is 33.2 Å². The summed E-state index contributed by atoms with van der Waals surface area (Å²) in [6, 6.07) is 16.7. The first-order chi connectivity index (χ1) is 9.78. The Morgan fingerprint density at radius 2 is 1.85 bits per heavy atom. The highest BCUT2D eigenvalue weighted by atomic mass is 16.5. The number of benzene rings is 2. The van der Waals surface area contributed by atoms with Crippen molar-refractivity contribution in [3.05, 3.63) is 59.7 Å². The Balaban J connectivity index is 1.84. The molecule has 0 radical (unpaired) electrons. The minimum Gasteiger partial charge on any atom is -0.494 e. The van der Waals surface area contributed by atoms with E-state index >= 15 is 0 Å². The van der Waals surface area contributed by atoms with Gasteiger partial charge >= 0.3 is 0 Å². The Labute approximate surface area is 121 Å². The Hall–Kier alpha value is -1.96. The number of nitrogens with one attached hydrogen (secondary N) is 1. The molecule has 2 nitrogen and oxygen atoms in total. The molecule has 0 aromatic heterocycles. The van der Waals surface area contributed by atoms with E-state index in [4.69, 9.17) is 4.74 Å². The molecule has 2 heteroatoms. The summed E-state index contributed by atoms with van der Waals surface area (Å²) in [5.41, 5.74) is 3.69. The second-order valence-corrected chi connectivity index (χ2v) is 5.07. The number of ether oxygens (including phenoxy) is 1. The molecule has 0 aliphatic carbocycles. The highest BCUT2D eigenvalue weighted by Crippen LogP contribution is 2.15. The normalized spacial score (nSPS) is 10.3. The zero-order valence-electron chi connectivity index (χ0n) is 12.4. The van der Waals surface area contributed by atoms with Crippen LogP contribution < -0.4 is 10.1 Å². The van der Waals surface area contributed by atoms with Crippen LogP contribution in [0.15, 0.2) is 48.5 Å². The monoisotopic (exact) mass is 269 g/mol. The lowest BCUT2D eigenvalue weighted by Gasteiger charge is -2.09. The number of rotatable bonds is 7. The van der Waals surface area contributed by atoms with Gasteiger partial charge in [-0.2, -0.15) is 0 Å². The molecule has 2 rings (SSSR count). The van der Waals surface area contributed by atoms with Gasteiger partial charge in [0.2, 0.25) is 0 Å². The molecule has 20 heavy (non-hydrogen) atoms. The fourth-order valence-electron chi connectivity index (χ4n) is 2.00. The van der Waals surface area contributed by atoms with Gasteiger partial charge in [-0.05, 0) is 48.7 Å². The fourth-order valence-corrected chi connectivity index (χ4v) is 2.00. The van der Waals surface area contributed by atoms with Gasteiger partial charge in [-0.15, -0.1) is 0 Å². The first-order valence-electron chi connectivity index (χ1n) is 7.30. The molecule has 106 valence electrons. The minimum absolute atomic E-state index is 0.803. The van der Waals surface area contributed by atoms with Crippen LogP contribution in [0.5, 0.6) is 5.75 Å². The summed E-state index contributed by atoms with van der Waals surface area (Å²) in [4.78, 5) is 0. The Morgan fingerprint density at radius 1 is 1.05 bits per heavy atom. The van der Waals surface area contributed by atoms with Crippen LogP contribution in [0.2, 0.25) is 0 Å². The van der Waals surface area contributed by atoms with Gasteiger partial charge in [0, 0.05) is 12.2 Å². The van der Waals surface area contributed by atoms with E-state index in [0.29, 0.717) is 0 Å². The van der Waals surface area contributed by atoms with Gasteiger partial charge in [-0.1, -0.05) is 37.6 Å². The van der Waals surface area contributed by atoms with Crippen molar-refractivity contribution in [3.8, 4) is 5.75 Å². The first-order valence-corrected chi connectivity index (χ1v) is 7.30. The third-order valence-corrected chi connectivity index (χ3v) is 3.20. The molecule has 0 atom stereocenters. The smallest absolute Gasteiger partial charge is 0.119 e. The summed E-state index contributed by atoms with van der Waals surface area (Å²) < 4.78 is 5.66.